The van der Waals surface area contributed by atoms with Gasteiger partial charge in [-0.3, -0.25) is 4.79 Å². The van der Waals surface area contributed by atoms with Crippen molar-refractivity contribution in [3.8, 4) is 0 Å². The molecular weight excluding hydrogens is 172 g/mol. The van der Waals surface area contributed by atoms with Gasteiger partial charge in [0.25, 0.3) is 0 Å². The van der Waals surface area contributed by atoms with Crippen LogP contribution < -0.4 is 0 Å². The summed E-state index contributed by atoms with van der Waals surface area (Å²) >= 11 is 0. The largest absolute Gasteiger partial charge is 0.291 e. The molecule has 0 N–H and O–H groups in total. The first-order chi connectivity index (χ1) is 6.91. The Kier molecular flexibility index (Phi) is 11.9. The van der Waals surface area contributed by atoms with Gasteiger partial charge in [0, 0.05) is 6.42 Å². The molecule has 0 aromatic rings. The highest BCUT2D eigenvalue weighted by Gasteiger charge is 1.86. The van der Waals surface area contributed by atoms with Gasteiger partial charge in [0.2, 0.25) is 0 Å². The van der Waals surface area contributed by atoms with E-state index in [1.807, 2.05) is 6.29 Å². The molecule has 0 spiro atoms. The van der Waals surface area contributed by atoms with E-state index in [9.17, 15) is 4.79 Å². The van der Waals surface area contributed by atoms with Crippen LogP contribution in [0.25, 0.3) is 0 Å². The van der Waals surface area contributed by atoms with E-state index >= 15 is 0 Å². The second-order valence-corrected chi connectivity index (χ2v) is 3.71. The fraction of sp³-hybridized carbons (Fsp3) is 0.769. The first-order valence-corrected chi connectivity index (χ1v) is 5.91. The topological polar surface area (TPSA) is 17.1 Å². The maximum atomic E-state index is 9.89. The minimum atomic E-state index is 0.584. The van der Waals surface area contributed by atoms with E-state index in [0.29, 0.717) is 6.42 Å². The highest BCUT2D eigenvalue weighted by Crippen LogP contribution is 2.05. The minimum absolute atomic E-state index is 0.584. The summed E-state index contributed by atoms with van der Waals surface area (Å²) in [6, 6.07) is 0. The van der Waals surface area contributed by atoms with E-state index in [-0.39, 0.29) is 0 Å². The number of hydrogen-bond donors (Lipinski definition) is 0. The lowest BCUT2D eigenvalue weighted by atomic mass is 10.1. The fourth-order valence-electron chi connectivity index (χ4n) is 1.39. The monoisotopic (exact) mass is 195 g/mol. The molecule has 0 atom stereocenters. The average molecular weight is 195 g/mol. The van der Waals surface area contributed by atoms with Crippen molar-refractivity contribution in [2.45, 2.75) is 64.7 Å². The van der Waals surface area contributed by atoms with Crippen LogP contribution in [0.1, 0.15) is 64.7 Å². The Bertz CT molecular complexity index is 138. The minimum Gasteiger partial charge on any atom is -0.291 e. The third-order valence-electron chi connectivity index (χ3n) is 2.29. The normalized spacial score (nSPS) is 10.9. The molecule has 0 bridgehead atoms. The Morgan fingerprint density at radius 1 is 0.929 bits per heavy atom. The van der Waals surface area contributed by atoms with Gasteiger partial charge in [-0.05, 0) is 25.7 Å². The SMILES string of the molecule is CCCCCCCC=CCCC[C]=O. The van der Waals surface area contributed by atoms with E-state index in [1.165, 1.54) is 38.5 Å². The van der Waals surface area contributed by atoms with E-state index in [4.69, 9.17) is 0 Å². The van der Waals surface area contributed by atoms with Gasteiger partial charge in [0.1, 0.15) is 0 Å². The second-order valence-electron chi connectivity index (χ2n) is 3.71. The summed E-state index contributed by atoms with van der Waals surface area (Å²) in [4.78, 5) is 9.89. The molecule has 1 radical (unpaired) electrons. The predicted molar refractivity (Wildman–Crippen MR) is 62.1 cm³/mol. The zero-order valence-electron chi connectivity index (χ0n) is 9.43. The van der Waals surface area contributed by atoms with Gasteiger partial charge < -0.3 is 0 Å². The lowest BCUT2D eigenvalue weighted by molar-refractivity contribution is 0.549. The van der Waals surface area contributed by atoms with Crippen LogP contribution >= 0.6 is 0 Å². The van der Waals surface area contributed by atoms with Crippen molar-refractivity contribution in [3.63, 3.8) is 0 Å². The second kappa shape index (κ2) is 12.4. The van der Waals surface area contributed by atoms with Gasteiger partial charge >= 0.3 is 0 Å². The number of allylic oxidation sites excluding steroid dienone is 2. The molecule has 1 heteroatoms. The van der Waals surface area contributed by atoms with Crippen molar-refractivity contribution < 1.29 is 4.79 Å². The van der Waals surface area contributed by atoms with Crippen LogP contribution in [0.5, 0.6) is 0 Å². The summed E-state index contributed by atoms with van der Waals surface area (Å²) < 4.78 is 0. The first-order valence-electron chi connectivity index (χ1n) is 5.91. The maximum absolute atomic E-state index is 9.89. The predicted octanol–water partition coefficient (Wildman–Crippen LogP) is 4.18. The zero-order valence-corrected chi connectivity index (χ0v) is 9.43. The number of rotatable bonds is 10. The molecule has 1 nitrogen and oxygen atoms in total. The molecule has 0 rings (SSSR count). The van der Waals surface area contributed by atoms with E-state index in [0.717, 1.165) is 12.8 Å². The highest BCUT2D eigenvalue weighted by atomic mass is 16.1. The molecule has 0 aliphatic rings. The van der Waals surface area contributed by atoms with Gasteiger partial charge in [0.15, 0.2) is 6.29 Å². The highest BCUT2D eigenvalue weighted by molar-refractivity contribution is 5.50. The molecule has 0 aliphatic carbocycles. The average Bonchev–Trinajstić information content (AvgIpc) is 2.21. The third-order valence-corrected chi connectivity index (χ3v) is 2.29. The van der Waals surface area contributed by atoms with E-state index < -0.39 is 0 Å². The number of carbonyl (C=O) groups excluding carboxylic acids is 1. The summed E-state index contributed by atoms with van der Waals surface area (Å²) in [5.74, 6) is 0. The van der Waals surface area contributed by atoms with Crippen LogP contribution in [0.3, 0.4) is 0 Å². The van der Waals surface area contributed by atoms with Crippen molar-refractivity contribution in [1.82, 2.24) is 0 Å². The molecule has 0 amide bonds. The fourth-order valence-corrected chi connectivity index (χ4v) is 1.39. The summed E-state index contributed by atoms with van der Waals surface area (Å²) in [7, 11) is 0. The standard InChI is InChI=1S/C13H23O/c1-2-3-4-5-6-7-8-9-10-11-12-13-14/h8-9H,2-7,10-12H2,1H3. The van der Waals surface area contributed by atoms with Crippen LogP contribution in [0.15, 0.2) is 12.2 Å². The third kappa shape index (κ3) is 11.4. The molecule has 0 saturated carbocycles. The zero-order chi connectivity index (χ0) is 10.5. The van der Waals surface area contributed by atoms with Gasteiger partial charge in [-0.1, -0.05) is 44.8 Å². The van der Waals surface area contributed by atoms with E-state index in [2.05, 4.69) is 19.1 Å². The quantitative estimate of drug-likeness (QED) is 0.377. The van der Waals surface area contributed by atoms with Crippen molar-refractivity contribution in [2.75, 3.05) is 0 Å². The molecule has 0 aromatic carbocycles. The van der Waals surface area contributed by atoms with Gasteiger partial charge in [-0.15, -0.1) is 0 Å². The first kappa shape index (κ1) is 13.4. The van der Waals surface area contributed by atoms with Gasteiger partial charge in [-0.2, -0.15) is 0 Å². The molecular formula is C13H23O. The molecule has 14 heavy (non-hydrogen) atoms. The summed E-state index contributed by atoms with van der Waals surface area (Å²) in [5, 5.41) is 0. The van der Waals surface area contributed by atoms with Gasteiger partial charge in [-0.25, -0.2) is 0 Å². The van der Waals surface area contributed by atoms with Crippen molar-refractivity contribution in [3.05, 3.63) is 12.2 Å². The Morgan fingerprint density at radius 2 is 1.57 bits per heavy atom. The van der Waals surface area contributed by atoms with Crippen LogP contribution in [0, 0.1) is 0 Å². The Morgan fingerprint density at radius 3 is 2.21 bits per heavy atom. The summed E-state index contributed by atoms with van der Waals surface area (Å²) in [5.41, 5.74) is 0. The van der Waals surface area contributed by atoms with Crippen molar-refractivity contribution in [2.24, 2.45) is 0 Å². The maximum Gasteiger partial charge on any atom is 0.198 e. The van der Waals surface area contributed by atoms with Crippen LogP contribution in [0.2, 0.25) is 0 Å². The number of hydrogen-bond acceptors (Lipinski definition) is 1. The van der Waals surface area contributed by atoms with Crippen molar-refractivity contribution >= 4 is 6.29 Å². The van der Waals surface area contributed by atoms with Crippen LogP contribution in [0.4, 0.5) is 0 Å². The Labute approximate surface area is 88.6 Å². The molecule has 0 saturated heterocycles. The number of unbranched alkanes of at least 4 members (excludes halogenated alkanes) is 7. The lowest BCUT2D eigenvalue weighted by Crippen LogP contribution is -1.76. The van der Waals surface area contributed by atoms with E-state index in [1.54, 1.807) is 0 Å². The van der Waals surface area contributed by atoms with Crippen molar-refractivity contribution in [1.29, 1.82) is 0 Å². The molecule has 81 valence electrons. The molecule has 0 aromatic heterocycles. The van der Waals surface area contributed by atoms with Crippen LogP contribution in [-0.4, -0.2) is 6.29 Å². The van der Waals surface area contributed by atoms with Gasteiger partial charge in [0.05, 0.1) is 0 Å². The summed E-state index contributed by atoms with van der Waals surface area (Å²) in [6.45, 7) is 2.24. The molecule has 0 aliphatic heterocycles. The molecule has 0 unspecified atom stereocenters. The molecule has 0 heterocycles. The lowest BCUT2D eigenvalue weighted by Gasteiger charge is -1.95. The molecule has 0 fully saturated rings. The Balaban J connectivity index is 2.99. The smallest absolute Gasteiger partial charge is 0.198 e. The van der Waals surface area contributed by atoms with Crippen LogP contribution in [-0.2, 0) is 4.79 Å². The Hall–Kier alpha value is -0.590. The summed E-state index contributed by atoms with van der Waals surface area (Å²) in [6.07, 6.45) is 16.9.